The lowest BCUT2D eigenvalue weighted by Crippen LogP contribution is -2.53. The highest BCUT2D eigenvalue weighted by Crippen LogP contribution is 2.35. The molecule has 2 fully saturated rings. The lowest BCUT2D eigenvalue weighted by atomic mass is 10.0. The lowest BCUT2D eigenvalue weighted by Gasteiger charge is -2.42. The maximum atomic E-state index is 14.1. The number of likely N-dealkylation sites (tertiary alicyclic amines) is 1. The first-order valence-electron chi connectivity index (χ1n) is 17.2. The monoisotopic (exact) mass is 654 g/mol. The summed E-state index contributed by atoms with van der Waals surface area (Å²) in [6.07, 6.45) is 9.92. The molecule has 4 aromatic heterocycles. The van der Waals surface area contributed by atoms with E-state index in [9.17, 15) is 4.79 Å². The number of nitrogens with zero attached hydrogens (tertiary/aromatic N) is 8. The fourth-order valence-electron chi connectivity index (χ4n) is 7.55. The summed E-state index contributed by atoms with van der Waals surface area (Å²) in [6.45, 7) is 10.5. The number of rotatable bonds is 7. The minimum atomic E-state index is -0.371. The van der Waals surface area contributed by atoms with Crippen molar-refractivity contribution in [3.05, 3.63) is 101 Å². The maximum Gasteiger partial charge on any atom is 0.266 e. The maximum absolute atomic E-state index is 14.1. The van der Waals surface area contributed by atoms with Crippen LogP contribution < -0.4 is 15.8 Å². The standard InChI is InChI=1S/C38H42N10O/c1-25-8-7-11-32-33(25)38(49)48(29-9-5-4-6-10-29)37(44-32)26(2)43-36-34-31(23-40-35(34)41-24-42-36)27-20-30(22-39-21-27)47-18-16-46(17-19-47)28-12-14-45(3)15-13-28/h4-11,20-24,26,28H,12-19H2,1-3H3,(H2,40,41,42,43). The predicted octanol–water partition coefficient (Wildman–Crippen LogP) is 5.42. The molecule has 2 aliphatic rings. The van der Waals surface area contributed by atoms with Crippen LogP contribution in [0.2, 0.25) is 0 Å². The Bertz CT molecular complexity index is 2160. The van der Waals surface area contributed by atoms with Crippen molar-refractivity contribution in [1.29, 1.82) is 0 Å². The Kier molecular flexibility index (Phi) is 8.30. The van der Waals surface area contributed by atoms with Crippen LogP contribution in [-0.2, 0) is 0 Å². The SMILES string of the molecule is Cc1cccc2nc(C(C)Nc3ncnc4[nH]cc(-c5cncc(N6CCN(C7CCN(C)CC7)CC6)c5)c34)n(-c3ccccc3)c(=O)c12. The van der Waals surface area contributed by atoms with E-state index >= 15 is 0 Å². The van der Waals surface area contributed by atoms with Gasteiger partial charge >= 0.3 is 0 Å². The summed E-state index contributed by atoms with van der Waals surface area (Å²) in [7, 11) is 2.22. The second-order valence-corrected chi connectivity index (χ2v) is 13.4. The number of hydrogen-bond donors (Lipinski definition) is 2. The molecule has 0 amide bonds. The number of piperazine rings is 1. The van der Waals surface area contributed by atoms with Gasteiger partial charge in [0.15, 0.2) is 0 Å². The third-order valence-electron chi connectivity index (χ3n) is 10.3. The number of aromatic nitrogens is 6. The van der Waals surface area contributed by atoms with Gasteiger partial charge in [0, 0.05) is 55.7 Å². The first-order chi connectivity index (χ1) is 23.9. The van der Waals surface area contributed by atoms with Gasteiger partial charge in [-0.15, -0.1) is 0 Å². The van der Waals surface area contributed by atoms with Gasteiger partial charge in [0.25, 0.3) is 5.56 Å². The molecule has 6 heterocycles. The van der Waals surface area contributed by atoms with Crippen molar-refractivity contribution in [1.82, 2.24) is 39.3 Å². The third kappa shape index (κ3) is 5.93. The van der Waals surface area contributed by atoms with Gasteiger partial charge in [0.2, 0.25) is 0 Å². The summed E-state index contributed by atoms with van der Waals surface area (Å²) in [5.74, 6) is 1.25. The summed E-state index contributed by atoms with van der Waals surface area (Å²) >= 11 is 0. The number of piperidine rings is 1. The number of H-pyrrole nitrogens is 1. The summed E-state index contributed by atoms with van der Waals surface area (Å²) < 4.78 is 1.71. The van der Waals surface area contributed by atoms with E-state index in [-0.39, 0.29) is 11.6 Å². The van der Waals surface area contributed by atoms with E-state index in [0.717, 1.165) is 65.3 Å². The van der Waals surface area contributed by atoms with Gasteiger partial charge in [-0.25, -0.2) is 15.0 Å². The first-order valence-corrected chi connectivity index (χ1v) is 17.2. The van der Waals surface area contributed by atoms with Crippen molar-refractivity contribution in [2.24, 2.45) is 0 Å². The van der Waals surface area contributed by atoms with Crippen LogP contribution in [0.15, 0.2) is 84.3 Å². The van der Waals surface area contributed by atoms with Crippen LogP contribution in [0.1, 0.15) is 37.2 Å². The number of hydrogen-bond acceptors (Lipinski definition) is 9. The largest absolute Gasteiger partial charge is 0.368 e. The van der Waals surface area contributed by atoms with Gasteiger partial charge in [-0.1, -0.05) is 30.3 Å². The normalized spacial score (nSPS) is 17.2. The highest BCUT2D eigenvalue weighted by Gasteiger charge is 2.27. The van der Waals surface area contributed by atoms with Crippen molar-refractivity contribution in [3.8, 4) is 16.8 Å². The van der Waals surface area contributed by atoms with Crippen LogP contribution in [-0.4, -0.2) is 91.6 Å². The molecule has 8 rings (SSSR count). The van der Waals surface area contributed by atoms with Crippen LogP contribution in [0.5, 0.6) is 0 Å². The molecule has 0 saturated carbocycles. The third-order valence-corrected chi connectivity index (χ3v) is 10.3. The molecular weight excluding hydrogens is 612 g/mol. The smallest absolute Gasteiger partial charge is 0.266 e. The Morgan fingerprint density at radius 1 is 0.898 bits per heavy atom. The number of aromatic amines is 1. The van der Waals surface area contributed by atoms with Crippen molar-refractivity contribution in [3.63, 3.8) is 0 Å². The zero-order chi connectivity index (χ0) is 33.5. The quantitative estimate of drug-likeness (QED) is 0.233. The van der Waals surface area contributed by atoms with Gasteiger partial charge in [0.05, 0.1) is 39.9 Å². The molecule has 11 nitrogen and oxygen atoms in total. The molecule has 2 aliphatic heterocycles. The number of anilines is 2. The fraction of sp³-hybridized carbons (Fsp3) is 0.342. The van der Waals surface area contributed by atoms with Gasteiger partial charge < -0.3 is 20.1 Å². The molecule has 1 unspecified atom stereocenters. The zero-order valence-electron chi connectivity index (χ0n) is 28.3. The van der Waals surface area contributed by atoms with E-state index in [2.05, 4.69) is 48.1 Å². The molecule has 11 heteroatoms. The van der Waals surface area contributed by atoms with Crippen LogP contribution in [0.25, 0.3) is 38.8 Å². The second kappa shape index (κ2) is 13.1. The highest BCUT2D eigenvalue weighted by atomic mass is 16.1. The van der Waals surface area contributed by atoms with E-state index in [1.807, 2.05) is 81.0 Å². The zero-order valence-corrected chi connectivity index (χ0v) is 28.3. The second-order valence-electron chi connectivity index (χ2n) is 13.4. The molecule has 0 radical (unpaired) electrons. The van der Waals surface area contributed by atoms with Gasteiger partial charge in [-0.05, 0) is 76.7 Å². The van der Waals surface area contributed by atoms with Crippen molar-refractivity contribution < 1.29 is 0 Å². The number of fused-ring (bicyclic) bond motifs is 2. The van der Waals surface area contributed by atoms with Crippen molar-refractivity contribution in [2.75, 3.05) is 56.5 Å². The summed E-state index contributed by atoms with van der Waals surface area (Å²) in [4.78, 5) is 44.0. The first kappa shape index (κ1) is 31.2. The van der Waals surface area contributed by atoms with Crippen LogP contribution in [0.4, 0.5) is 11.5 Å². The van der Waals surface area contributed by atoms with E-state index in [1.54, 1.807) is 10.9 Å². The Labute approximate surface area is 285 Å². The number of pyridine rings is 1. The van der Waals surface area contributed by atoms with Crippen LogP contribution in [0.3, 0.4) is 0 Å². The lowest BCUT2D eigenvalue weighted by molar-refractivity contribution is 0.115. The topological polar surface area (TPSA) is 111 Å². The average Bonchev–Trinajstić information content (AvgIpc) is 3.58. The molecule has 2 aromatic carbocycles. The Morgan fingerprint density at radius 2 is 1.69 bits per heavy atom. The van der Waals surface area contributed by atoms with Crippen LogP contribution in [0, 0.1) is 6.92 Å². The summed E-state index contributed by atoms with van der Waals surface area (Å²) in [5, 5.41) is 5.09. The molecule has 0 bridgehead atoms. The number of nitrogens with one attached hydrogen (secondary N) is 2. The Morgan fingerprint density at radius 3 is 2.49 bits per heavy atom. The molecule has 0 spiro atoms. The van der Waals surface area contributed by atoms with Crippen molar-refractivity contribution >= 4 is 33.4 Å². The molecular formula is C38H42N10O. The number of aryl methyl sites for hydroxylation is 1. The minimum absolute atomic E-state index is 0.0943. The van der Waals surface area contributed by atoms with Gasteiger partial charge in [0.1, 0.15) is 23.6 Å². The van der Waals surface area contributed by atoms with E-state index < -0.39 is 0 Å². The van der Waals surface area contributed by atoms with Gasteiger partial charge in [-0.2, -0.15) is 0 Å². The average molecular weight is 655 g/mol. The molecule has 2 N–H and O–H groups in total. The molecule has 250 valence electrons. The molecule has 1 atom stereocenters. The Balaban J connectivity index is 1.10. The molecule has 0 aliphatic carbocycles. The van der Waals surface area contributed by atoms with Gasteiger partial charge in [-0.3, -0.25) is 19.2 Å². The summed E-state index contributed by atoms with van der Waals surface area (Å²) in [5.41, 5.74) is 6.04. The van der Waals surface area contributed by atoms with E-state index in [4.69, 9.17) is 9.97 Å². The van der Waals surface area contributed by atoms with E-state index in [1.165, 1.54) is 25.9 Å². The van der Waals surface area contributed by atoms with Crippen molar-refractivity contribution in [2.45, 2.75) is 38.8 Å². The number of para-hydroxylation sites is 1. The molecule has 2 saturated heterocycles. The number of benzene rings is 2. The van der Waals surface area contributed by atoms with Crippen LogP contribution >= 0.6 is 0 Å². The molecule has 49 heavy (non-hydrogen) atoms. The highest BCUT2D eigenvalue weighted by molar-refractivity contribution is 6.01. The minimum Gasteiger partial charge on any atom is -0.368 e. The molecule has 6 aromatic rings. The fourth-order valence-corrected chi connectivity index (χ4v) is 7.55. The predicted molar refractivity (Wildman–Crippen MR) is 196 cm³/mol. The van der Waals surface area contributed by atoms with E-state index in [0.29, 0.717) is 28.6 Å². The summed E-state index contributed by atoms with van der Waals surface area (Å²) in [6, 6.07) is 18.0. The Hall–Kier alpha value is -5.13.